The van der Waals surface area contributed by atoms with Crippen molar-refractivity contribution < 1.29 is 9.53 Å². The van der Waals surface area contributed by atoms with Crippen LogP contribution in [0.1, 0.15) is 29.8 Å². The molecule has 0 spiro atoms. The molecule has 4 heteroatoms. The molecule has 0 fully saturated rings. The molecule has 0 radical (unpaired) electrons. The lowest BCUT2D eigenvalue weighted by molar-refractivity contribution is 0.0530. The molecule has 0 aliphatic heterocycles. The molecule has 2 nitrogen and oxygen atoms in total. The van der Waals surface area contributed by atoms with Crippen LogP contribution in [-0.4, -0.2) is 23.6 Å². The highest BCUT2D eigenvalue weighted by atomic mass is 33.1. The van der Waals surface area contributed by atoms with Gasteiger partial charge in [-0.3, -0.25) is 0 Å². The van der Waals surface area contributed by atoms with Crippen LogP contribution in [0.2, 0.25) is 0 Å². The monoisotopic (exact) mass is 282 g/mol. The van der Waals surface area contributed by atoms with Gasteiger partial charge in [0.25, 0.3) is 0 Å². The van der Waals surface area contributed by atoms with E-state index in [0.717, 1.165) is 11.3 Å². The van der Waals surface area contributed by atoms with E-state index in [0.29, 0.717) is 17.4 Å². The highest BCUT2D eigenvalue weighted by molar-refractivity contribution is 8.76. The van der Waals surface area contributed by atoms with Crippen molar-refractivity contribution in [2.45, 2.75) is 19.1 Å². The zero-order valence-electron chi connectivity index (χ0n) is 10.7. The highest BCUT2D eigenvalue weighted by Crippen LogP contribution is 2.25. The van der Waals surface area contributed by atoms with Crippen molar-refractivity contribution in [2.75, 3.05) is 12.4 Å². The maximum absolute atomic E-state index is 11.7. The Balaban J connectivity index is 2.29. The molecule has 0 saturated heterocycles. The second-order valence-electron chi connectivity index (χ2n) is 3.93. The van der Waals surface area contributed by atoms with Gasteiger partial charge in [0.2, 0.25) is 0 Å². The third kappa shape index (κ3) is 5.65. The van der Waals surface area contributed by atoms with E-state index in [1.54, 1.807) is 39.8 Å². The third-order valence-corrected chi connectivity index (χ3v) is 4.96. The molecule has 0 aromatic heterocycles. The second-order valence-corrected chi connectivity index (χ2v) is 6.99. The van der Waals surface area contributed by atoms with E-state index in [1.807, 2.05) is 12.1 Å². The number of carbonyl (C=O) groups is 1. The molecule has 0 aliphatic carbocycles. The normalized spacial score (nSPS) is 10.4. The fourth-order valence-corrected chi connectivity index (χ4v) is 3.02. The summed E-state index contributed by atoms with van der Waals surface area (Å²) in [6, 6.07) is 7.23. The number of carbonyl (C=O) groups excluding carboxylic acids is 1. The quantitative estimate of drug-likeness (QED) is 0.424. The van der Waals surface area contributed by atoms with E-state index >= 15 is 0 Å². The predicted molar refractivity (Wildman–Crippen MR) is 82.0 cm³/mol. The van der Waals surface area contributed by atoms with Crippen LogP contribution in [0.15, 0.2) is 30.8 Å². The van der Waals surface area contributed by atoms with Crippen molar-refractivity contribution in [1.82, 2.24) is 0 Å². The number of rotatable bonds is 7. The SMILES string of the molecule is C=Cc1ccc(C(=O)OCCSSC(C)C)cc1. The lowest BCUT2D eigenvalue weighted by Gasteiger charge is -2.06. The van der Waals surface area contributed by atoms with Crippen LogP contribution >= 0.6 is 21.6 Å². The van der Waals surface area contributed by atoms with Crippen LogP contribution in [0, 0.1) is 0 Å². The Kier molecular flexibility index (Phi) is 6.98. The molecule has 0 atom stereocenters. The Hall–Kier alpha value is -0.870. The Bertz CT molecular complexity index is 385. The summed E-state index contributed by atoms with van der Waals surface area (Å²) in [5.74, 6) is 0.556. The first-order chi connectivity index (χ1) is 8.63. The first-order valence-electron chi connectivity index (χ1n) is 5.81. The van der Waals surface area contributed by atoms with Crippen LogP contribution in [0.25, 0.3) is 6.08 Å². The molecular formula is C14H18O2S2. The number of hydrogen-bond donors (Lipinski definition) is 0. The smallest absolute Gasteiger partial charge is 0.338 e. The van der Waals surface area contributed by atoms with Crippen molar-refractivity contribution in [2.24, 2.45) is 0 Å². The molecule has 1 aromatic carbocycles. The summed E-state index contributed by atoms with van der Waals surface area (Å²) in [6.07, 6.45) is 1.74. The van der Waals surface area contributed by atoms with Crippen molar-refractivity contribution in [3.63, 3.8) is 0 Å². The van der Waals surface area contributed by atoms with Gasteiger partial charge in [-0.15, -0.1) is 0 Å². The van der Waals surface area contributed by atoms with E-state index in [1.165, 1.54) is 0 Å². The molecule has 0 heterocycles. The number of esters is 1. The summed E-state index contributed by atoms with van der Waals surface area (Å²) in [7, 11) is 3.53. The third-order valence-electron chi connectivity index (χ3n) is 2.04. The molecule has 0 aliphatic rings. The minimum atomic E-state index is -0.263. The van der Waals surface area contributed by atoms with Crippen LogP contribution in [0.3, 0.4) is 0 Å². The summed E-state index contributed by atoms with van der Waals surface area (Å²) in [5.41, 5.74) is 1.58. The van der Waals surface area contributed by atoms with Crippen LogP contribution in [0.5, 0.6) is 0 Å². The van der Waals surface area contributed by atoms with Gasteiger partial charge in [-0.1, -0.05) is 60.2 Å². The van der Waals surface area contributed by atoms with Gasteiger partial charge in [0.1, 0.15) is 6.61 Å². The van der Waals surface area contributed by atoms with Gasteiger partial charge >= 0.3 is 5.97 Å². The molecule has 98 valence electrons. The van der Waals surface area contributed by atoms with Gasteiger partial charge in [0, 0.05) is 11.0 Å². The zero-order chi connectivity index (χ0) is 13.4. The first-order valence-corrected chi connectivity index (χ1v) is 8.19. The summed E-state index contributed by atoms with van der Waals surface area (Å²) in [6.45, 7) is 8.41. The van der Waals surface area contributed by atoms with E-state index in [-0.39, 0.29) is 5.97 Å². The molecule has 0 bridgehead atoms. The maximum atomic E-state index is 11.7. The van der Waals surface area contributed by atoms with E-state index in [2.05, 4.69) is 20.4 Å². The predicted octanol–water partition coefficient (Wildman–Crippen LogP) is 4.28. The topological polar surface area (TPSA) is 26.3 Å². The number of benzene rings is 1. The Morgan fingerprint density at radius 3 is 2.61 bits per heavy atom. The van der Waals surface area contributed by atoms with Gasteiger partial charge in [0.05, 0.1) is 5.56 Å². The first kappa shape index (κ1) is 15.2. The Morgan fingerprint density at radius 2 is 2.06 bits per heavy atom. The van der Waals surface area contributed by atoms with Crippen LogP contribution < -0.4 is 0 Å². The summed E-state index contributed by atoms with van der Waals surface area (Å²) < 4.78 is 5.18. The number of hydrogen-bond acceptors (Lipinski definition) is 4. The van der Waals surface area contributed by atoms with Gasteiger partial charge in [0.15, 0.2) is 0 Å². The highest BCUT2D eigenvalue weighted by Gasteiger charge is 2.06. The minimum absolute atomic E-state index is 0.263. The van der Waals surface area contributed by atoms with E-state index in [4.69, 9.17) is 4.74 Å². The van der Waals surface area contributed by atoms with Crippen molar-refractivity contribution in [3.05, 3.63) is 42.0 Å². The average molecular weight is 282 g/mol. The maximum Gasteiger partial charge on any atom is 0.338 e. The molecule has 0 N–H and O–H groups in total. The van der Waals surface area contributed by atoms with E-state index in [9.17, 15) is 4.79 Å². The largest absolute Gasteiger partial charge is 0.461 e. The number of ether oxygens (including phenoxy) is 1. The Labute approximate surface area is 117 Å². The van der Waals surface area contributed by atoms with Gasteiger partial charge < -0.3 is 4.74 Å². The lowest BCUT2D eigenvalue weighted by atomic mass is 10.1. The standard InChI is InChI=1S/C14H18O2S2/c1-4-12-5-7-13(8-6-12)14(15)16-9-10-17-18-11(2)3/h4-8,11H,1,9-10H2,2-3H3. The molecule has 1 aromatic rings. The van der Waals surface area contributed by atoms with Gasteiger partial charge in [-0.2, -0.15) is 0 Å². The summed E-state index contributed by atoms with van der Waals surface area (Å²) >= 11 is 0. The average Bonchev–Trinajstić information content (AvgIpc) is 2.38. The molecule has 0 saturated carbocycles. The van der Waals surface area contributed by atoms with E-state index < -0.39 is 0 Å². The fourth-order valence-electron chi connectivity index (χ4n) is 1.19. The van der Waals surface area contributed by atoms with Crippen molar-refractivity contribution in [1.29, 1.82) is 0 Å². The summed E-state index contributed by atoms with van der Waals surface area (Å²) in [4.78, 5) is 11.7. The van der Waals surface area contributed by atoms with Crippen molar-refractivity contribution >= 4 is 33.6 Å². The Morgan fingerprint density at radius 1 is 1.39 bits per heavy atom. The van der Waals surface area contributed by atoms with Crippen LogP contribution in [-0.2, 0) is 4.74 Å². The second kappa shape index (κ2) is 8.27. The fraction of sp³-hybridized carbons (Fsp3) is 0.357. The van der Waals surface area contributed by atoms with Gasteiger partial charge in [-0.05, 0) is 17.7 Å². The lowest BCUT2D eigenvalue weighted by Crippen LogP contribution is -2.07. The van der Waals surface area contributed by atoms with Gasteiger partial charge in [-0.25, -0.2) is 4.79 Å². The molecule has 18 heavy (non-hydrogen) atoms. The van der Waals surface area contributed by atoms with Crippen molar-refractivity contribution in [3.8, 4) is 0 Å². The molecular weight excluding hydrogens is 264 g/mol. The molecule has 0 unspecified atom stereocenters. The van der Waals surface area contributed by atoms with Crippen LogP contribution in [0.4, 0.5) is 0 Å². The minimum Gasteiger partial charge on any atom is -0.461 e. The summed E-state index contributed by atoms with van der Waals surface area (Å²) in [5, 5.41) is 0.595. The zero-order valence-corrected chi connectivity index (χ0v) is 12.4. The molecule has 1 rings (SSSR count). The molecule has 0 amide bonds.